The Balaban J connectivity index is 1.89. The molecule has 0 aliphatic heterocycles. The van der Waals surface area contributed by atoms with Crippen LogP contribution in [0.1, 0.15) is 6.92 Å². The Kier molecular flexibility index (Phi) is 4.52. The van der Waals surface area contributed by atoms with E-state index < -0.39 is 11.2 Å². The number of phenolic OH excluding ortho intramolecular Hbond substituents is 2. The van der Waals surface area contributed by atoms with Gasteiger partial charge in [-0.3, -0.25) is 22.9 Å². The van der Waals surface area contributed by atoms with Crippen molar-refractivity contribution in [1.29, 1.82) is 0 Å². The fourth-order valence-corrected chi connectivity index (χ4v) is 3.97. The maximum atomic E-state index is 13.0. The molecule has 0 saturated heterocycles. The Hall–Kier alpha value is -4.47. The maximum Gasteiger partial charge on any atom is 0.332 e. The van der Waals surface area contributed by atoms with Crippen LogP contribution in [0, 0.1) is 0 Å². The number of aryl methyl sites for hydroxylation is 1. The van der Waals surface area contributed by atoms with Gasteiger partial charge in [0.15, 0.2) is 22.7 Å². The summed E-state index contributed by atoms with van der Waals surface area (Å²) in [5.74, 6) is 0.609. The lowest BCUT2D eigenvalue weighted by Gasteiger charge is -2.11. The van der Waals surface area contributed by atoms with Gasteiger partial charge in [0.05, 0.1) is 12.3 Å². The van der Waals surface area contributed by atoms with Crippen LogP contribution in [0.3, 0.4) is 0 Å². The summed E-state index contributed by atoms with van der Waals surface area (Å²) in [5, 5.41) is 19.8. The number of phenols is 2. The summed E-state index contributed by atoms with van der Waals surface area (Å²) in [4.78, 5) is 30.0. The Morgan fingerprint density at radius 3 is 2.36 bits per heavy atom. The van der Waals surface area contributed by atoms with Crippen molar-refractivity contribution in [3.8, 4) is 34.2 Å². The average molecular weight is 447 g/mol. The molecule has 2 aromatic carbocycles. The van der Waals surface area contributed by atoms with Crippen LogP contribution < -0.4 is 16.0 Å². The number of aromatic hydroxyl groups is 2. The van der Waals surface area contributed by atoms with E-state index in [0.717, 1.165) is 10.3 Å². The van der Waals surface area contributed by atoms with E-state index in [0.29, 0.717) is 29.4 Å². The van der Waals surface area contributed by atoms with Crippen LogP contribution in [0.2, 0.25) is 0 Å². The third-order valence-electron chi connectivity index (χ3n) is 5.64. The summed E-state index contributed by atoms with van der Waals surface area (Å²) < 4.78 is 11.4. The largest absolute Gasteiger partial charge is 0.504 e. The van der Waals surface area contributed by atoms with Crippen molar-refractivity contribution in [3.05, 3.63) is 69.5 Å². The van der Waals surface area contributed by atoms with Gasteiger partial charge in [0, 0.05) is 31.5 Å². The molecule has 0 fully saturated rings. The fourth-order valence-electron chi connectivity index (χ4n) is 3.97. The van der Waals surface area contributed by atoms with Gasteiger partial charge in [0.2, 0.25) is 5.78 Å². The highest BCUT2D eigenvalue weighted by Crippen LogP contribution is 2.34. The van der Waals surface area contributed by atoms with E-state index in [-0.39, 0.29) is 22.7 Å². The molecule has 168 valence electrons. The molecule has 3 aromatic heterocycles. The normalized spacial score (nSPS) is 11.5. The monoisotopic (exact) mass is 447 g/mol. The molecular formula is C23H21N5O5. The molecule has 0 atom stereocenters. The van der Waals surface area contributed by atoms with Crippen LogP contribution in [0.5, 0.6) is 17.2 Å². The number of nitrogens with zero attached hydrogens (tertiary/aromatic N) is 5. The predicted octanol–water partition coefficient (Wildman–Crippen LogP) is 2.15. The molecule has 5 aromatic rings. The summed E-state index contributed by atoms with van der Waals surface area (Å²) in [6.07, 6.45) is 1.72. The van der Waals surface area contributed by atoms with Gasteiger partial charge < -0.3 is 14.9 Å². The van der Waals surface area contributed by atoms with Crippen molar-refractivity contribution in [2.75, 3.05) is 6.61 Å². The van der Waals surface area contributed by atoms with Crippen molar-refractivity contribution in [1.82, 2.24) is 23.1 Å². The van der Waals surface area contributed by atoms with Crippen LogP contribution in [-0.2, 0) is 14.1 Å². The molecule has 0 aliphatic rings. The van der Waals surface area contributed by atoms with Crippen molar-refractivity contribution < 1.29 is 14.9 Å². The number of ether oxygens (including phenoxy) is 1. The second-order valence-electron chi connectivity index (χ2n) is 7.64. The first-order valence-electron chi connectivity index (χ1n) is 10.3. The Labute approximate surface area is 186 Å². The van der Waals surface area contributed by atoms with E-state index in [2.05, 4.69) is 4.98 Å². The molecule has 5 rings (SSSR count). The van der Waals surface area contributed by atoms with Gasteiger partial charge in [0.25, 0.3) is 5.56 Å². The third kappa shape index (κ3) is 2.99. The van der Waals surface area contributed by atoms with Gasteiger partial charge in [-0.1, -0.05) is 0 Å². The molecule has 10 nitrogen and oxygen atoms in total. The molecule has 0 amide bonds. The van der Waals surface area contributed by atoms with Crippen LogP contribution in [0.4, 0.5) is 0 Å². The minimum Gasteiger partial charge on any atom is -0.504 e. The minimum absolute atomic E-state index is 0.239. The second kappa shape index (κ2) is 7.30. The quantitative estimate of drug-likeness (QED) is 0.408. The molecule has 0 bridgehead atoms. The van der Waals surface area contributed by atoms with Crippen LogP contribution in [0.15, 0.2) is 58.3 Å². The molecule has 2 N–H and O–H groups in total. The molecule has 10 heteroatoms. The smallest absolute Gasteiger partial charge is 0.332 e. The second-order valence-corrected chi connectivity index (χ2v) is 7.64. The maximum absolute atomic E-state index is 13.0. The molecule has 0 spiro atoms. The Bertz CT molecular complexity index is 1650. The number of hydrogen-bond acceptors (Lipinski definition) is 6. The predicted molar refractivity (Wildman–Crippen MR) is 122 cm³/mol. The summed E-state index contributed by atoms with van der Waals surface area (Å²) in [5.41, 5.74) is 1.53. The lowest BCUT2D eigenvalue weighted by Crippen LogP contribution is -2.37. The summed E-state index contributed by atoms with van der Waals surface area (Å²) in [6, 6.07) is 11.8. The number of rotatable bonds is 4. The van der Waals surface area contributed by atoms with Crippen molar-refractivity contribution in [2.24, 2.45) is 14.1 Å². The lowest BCUT2D eigenvalue weighted by molar-refractivity contribution is 0.340. The van der Waals surface area contributed by atoms with Gasteiger partial charge in [-0.2, -0.15) is 4.98 Å². The summed E-state index contributed by atoms with van der Waals surface area (Å²) in [7, 11) is 2.99. The lowest BCUT2D eigenvalue weighted by atomic mass is 10.1. The molecule has 0 saturated carbocycles. The highest BCUT2D eigenvalue weighted by Gasteiger charge is 2.22. The average Bonchev–Trinajstić information content (AvgIpc) is 3.35. The van der Waals surface area contributed by atoms with Crippen LogP contribution in [0.25, 0.3) is 33.9 Å². The number of hydrogen-bond donors (Lipinski definition) is 2. The number of benzene rings is 2. The molecular weight excluding hydrogens is 426 g/mol. The molecule has 33 heavy (non-hydrogen) atoms. The fraction of sp³-hybridized carbons (Fsp3) is 0.174. The minimum atomic E-state index is -0.468. The molecule has 0 unspecified atom stereocenters. The zero-order valence-electron chi connectivity index (χ0n) is 18.2. The van der Waals surface area contributed by atoms with E-state index in [1.807, 2.05) is 35.8 Å². The first kappa shape index (κ1) is 20.4. The highest BCUT2D eigenvalue weighted by molar-refractivity contribution is 5.80. The van der Waals surface area contributed by atoms with Crippen molar-refractivity contribution in [3.63, 3.8) is 0 Å². The van der Waals surface area contributed by atoms with Crippen LogP contribution >= 0.6 is 0 Å². The van der Waals surface area contributed by atoms with Gasteiger partial charge in [-0.05, 0) is 49.4 Å². The van der Waals surface area contributed by atoms with E-state index in [1.54, 1.807) is 23.7 Å². The molecule has 0 radical (unpaired) electrons. The van der Waals surface area contributed by atoms with Gasteiger partial charge in [-0.25, -0.2) is 4.79 Å². The SMILES string of the molecule is CCOc1ccc(-n2c(-c3ccc(O)c(O)c3)cn3c4c(=O)n(C)c(=O)n(C)c4nc23)cc1. The van der Waals surface area contributed by atoms with Gasteiger partial charge >= 0.3 is 5.69 Å². The standard InChI is InChI=1S/C23H21N5O5/c1-4-33-15-8-6-14(7-9-15)28-16(13-5-10-17(29)18(30)11-13)12-27-19-20(24-22(27)28)25(2)23(32)26(3)21(19)31/h5-12,29-30H,4H2,1-3H3. The molecule has 3 heterocycles. The number of imidazole rings is 2. The van der Waals surface area contributed by atoms with E-state index in [4.69, 9.17) is 4.74 Å². The summed E-state index contributed by atoms with van der Waals surface area (Å²) >= 11 is 0. The number of aromatic nitrogens is 5. The molecule has 0 aliphatic carbocycles. The van der Waals surface area contributed by atoms with E-state index in [9.17, 15) is 19.8 Å². The Morgan fingerprint density at radius 1 is 0.970 bits per heavy atom. The van der Waals surface area contributed by atoms with E-state index >= 15 is 0 Å². The van der Waals surface area contributed by atoms with Gasteiger partial charge in [-0.15, -0.1) is 0 Å². The third-order valence-corrected chi connectivity index (χ3v) is 5.64. The van der Waals surface area contributed by atoms with Crippen LogP contribution in [-0.4, -0.2) is 39.9 Å². The highest BCUT2D eigenvalue weighted by atomic mass is 16.5. The number of fused-ring (bicyclic) bond motifs is 3. The van der Waals surface area contributed by atoms with Gasteiger partial charge in [0.1, 0.15) is 5.75 Å². The first-order valence-corrected chi connectivity index (χ1v) is 10.3. The Morgan fingerprint density at radius 2 is 1.70 bits per heavy atom. The zero-order valence-corrected chi connectivity index (χ0v) is 18.2. The zero-order chi connectivity index (χ0) is 23.4. The summed E-state index contributed by atoms with van der Waals surface area (Å²) in [6.45, 7) is 2.44. The van der Waals surface area contributed by atoms with Crippen molar-refractivity contribution in [2.45, 2.75) is 6.92 Å². The topological polar surface area (TPSA) is 116 Å². The first-order chi connectivity index (χ1) is 15.8. The van der Waals surface area contributed by atoms with E-state index in [1.165, 1.54) is 23.7 Å². The van der Waals surface area contributed by atoms with Crippen molar-refractivity contribution >= 4 is 16.9 Å².